The van der Waals surface area contributed by atoms with Crippen LogP contribution in [-0.2, 0) is 21.9 Å². The van der Waals surface area contributed by atoms with Crippen LogP contribution in [0.1, 0.15) is 38.3 Å². The molecule has 0 saturated carbocycles. The van der Waals surface area contributed by atoms with E-state index in [1.54, 1.807) is 30.3 Å². The third kappa shape index (κ3) is 7.91. The summed E-state index contributed by atoms with van der Waals surface area (Å²) in [4.78, 5) is 38.0. The lowest BCUT2D eigenvalue weighted by atomic mass is 10.1. The molecule has 0 saturated heterocycles. The molecular weight excluding hydrogens is 485 g/mol. The van der Waals surface area contributed by atoms with Gasteiger partial charge in [-0.15, -0.1) is 11.8 Å². The molecule has 0 radical (unpaired) electrons. The van der Waals surface area contributed by atoms with E-state index >= 15 is 0 Å². The number of nitrogens with one attached hydrogen (secondary N) is 1. The van der Waals surface area contributed by atoms with Crippen LogP contribution in [0.3, 0.4) is 0 Å². The number of hydrogen-bond donors (Lipinski definition) is 1. The predicted molar refractivity (Wildman–Crippen MR) is 134 cm³/mol. The maximum Gasteiger partial charge on any atom is 0.269 e. The Morgan fingerprint density at radius 2 is 1.73 bits per heavy atom. The molecule has 0 spiro atoms. The fourth-order valence-corrected chi connectivity index (χ4v) is 4.59. The monoisotopic (exact) mass is 511 g/mol. The van der Waals surface area contributed by atoms with E-state index in [1.807, 2.05) is 20.8 Å². The zero-order valence-electron chi connectivity index (χ0n) is 18.7. The van der Waals surface area contributed by atoms with E-state index in [0.717, 1.165) is 5.56 Å². The Hall–Kier alpha value is -2.29. The lowest BCUT2D eigenvalue weighted by Crippen LogP contribution is -2.51. The zero-order chi connectivity index (χ0) is 24.5. The van der Waals surface area contributed by atoms with Crippen LogP contribution in [0.2, 0.25) is 10.0 Å². The van der Waals surface area contributed by atoms with Gasteiger partial charge in [0.2, 0.25) is 11.8 Å². The molecule has 2 aromatic carbocycles. The molecule has 1 atom stereocenters. The van der Waals surface area contributed by atoms with Crippen LogP contribution in [0.25, 0.3) is 0 Å². The number of non-ortho nitro benzene ring substituents is 1. The Labute approximate surface area is 208 Å². The number of nitrogens with zero attached hydrogens (tertiary/aromatic N) is 2. The number of rotatable bonds is 11. The number of benzene rings is 2. The Balaban J connectivity index is 2.17. The first kappa shape index (κ1) is 27.0. The molecule has 0 aliphatic carbocycles. The highest BCUT2D eigenvalue weighted by Crippen LogP contribution is 2.27. The summed E-state index contributed by atoms with van der Waals surface area (Å²) in [5, 5.41) is 14.5. The first-order valence-corrected chi connectivity index (χ1v) is 12.4. The highest BCUT2D eigenvalue weighted by atomic mass is 35.5. The third-order valence-electron chi connectivity index (χ3n) is 4.85. The number of hydrogen-bond acceptors (Lipinski definition) is 5. The zero-order valence-corrected chi connectivity index (χ0v) is 21.0. The van der Waals surface area contributed by atoms with Gasteiger partial charge in [0.15, 0.2) is 0 Å². The van der Waals surface area contributed by atoms with Crippen molar-refractivity contribution in [1.29, 1.82) is 0 Å². The van der Waals surface area contributed by atoms with Crippen molar-refractivity contribution in [2.24, 2.45) is 0 Å². The van der Waals surface area contributed by atoms with E-state index in [1.165, 1.54) is 28.8 Å². The molecule has 0 bridgehead atoms. The Morgan fingerprint density at radius 3 is 2.24 bits per heavy atom. The summed E-state index contributed by atoms with van der Waals surface area (Å²) in [6.07, 6.45) is 0.430. The summed E-state index contributed by atoms with van der Waals surface area (Å²) in [7, 11) is 0. The third-order valence-corrected chi connectivity index (χ3v) is 6.55. The Morgan fingerprint density at radius 1 is 1.12 bits per heavy atom. The van der Waals surface area contributed by atoms with Crippen molar-refractivity contribution in [2.75, 3.05) is 5.75 Å². The Bertz CT molecular complexity index is 966. The topological polar surface area (TPSA) is 92.6 Å². The van der Waals surface area contributed by atoms with Gasteiger partial charge in [-0.2, -0.15) is 0 Å². The second-order valence-electron chi connectivity index (χ2n) is 7.73. The summed E-state index contributed by atoms with van der Waals surface area (Å²) in [6, 6.07) is 10.6. The number of carbonyl (C=O) groups is 2. The van der Waals surface area contributed by atoms with Crippen LogP contribution in [0.5, 0.6) is 0 Å². The fourth-order valence-electron chi connectivity index (χ4n) is 3.21. The largest absolute Gasteiger partial charge is 0.352 e. The second-order valence-corrected chi connectivity index (χ2v) is 9.53. The van der Waals surface area contributed by atoms with Gasteiger partial charge in [-0.05, 0) is 38.0 Å². The summed E-state index contributed by atoms with van der Waals surface area (Å²) in [5.74, 6) is 0.178. The van der Waals surface area contributed by atoms with Gasteiger partial charge in [0.05, 0.1) is 10.7 Å². The summed E-state index contributed by atoms with van der Waals surface area (Å²) >= 11 is 14.0. The molecule has 2 rings (SSSR count). The van der Waals surface area contributed by atoms with E-state index in [2.05, 4.69) is 5.32 Å². The van der Waals surface area contributed by atoms with Crippen molar-refractivity contribution < 1.29 is 14.5 Å². The second kappa shape index (κ2) is 12.8. The van der Waals surface area contributed by atoms with E-state index in [4.69, 9.17) is 23.2 Å². The van der Waals surface area contributed by atoms with Gasteiger partial charge in [0.25, 0.3) is 5.69 Å². The van der Waals surface area contributed by atoms with E-state index in [0.29, 0.717) is 27.8 Å². The van der Waals surface area contributed by atoms with E-state index in [9.17, 15) is 19.7 Å². The minimum atomic E-state index is -0.674. The lowest BCUT2D eigenvalue weighted by molar-refractivity contribution is -0.384. The molecule has 0 aliphatic rings. The van der Waals surface area contributed by atoms with Crippen molar-refractivity contribution in [3.8, 4) is 0 Å². The lowest BCUT2D eigenvalue weighted by Gasteiger charge is -2.31. The average molecular weight is 512 g/mol. The first-order chi connectivity index (χ1) is 15.6. The van der Waals surface area contributed by atoms with Crippen molar-refractivity contribution in [1.82, 2.24) is 10.2 Å². The molecule has 0 aromatic heterocycles. The maximum atomic E-state index is 13.2. The minimum absolute atomic E-state index is 0.0181. The molecule has 0 unspecified atom stereocenters. The molecule has 1 N–H and O–H groups in total. The van der Waals surface area contributed by atoms with Gasteiger partial charge in [-0.25, -0.2) is 0 Å². The van der Waals surface area contributed by atoms with Crippen molar-refractivity contribution in [2.45, 2.75) is 51.6 Å². The maximum absolute atomic E-state index is 13.2. The average Bonchev–Trinajstić information content (AvgIpc) is 2.75. The van der Waals surface area contributed by atoms with Crippen LogP contribution in [0.15, 0.2) is 42.5 Å². The molecule has 2 aromatic rings. The highest BCUT2D eigenvalue weighted by Gasteiger charge is 2.29. The molecule has 2 amide bonds. The van der Waals surface area contributed by atoms with Gasteiger partial charge >= 0.3 is 0 Å². The van der Waals surface area contributed by atoms with E-state index in [-0.39, 0.29) is 35.8 Å². The number of nitro benzene ring substituents is 1. The molecule has 0 aliphatic heterocycles. The molecule has 10 heteroatoms. The van der Waals surface area contributed by atoms with Crippen LogP contribution in [0, 0.1) is 10.1 Å². The first-order valence-electron chi connectivity index (χ1n) is 10.5. The van der Waals surface area contributed by atoms with Gasteiger partial charge in [0.1, 0.15) is 6.04 Å². The smallest absolute Gasteiger partial charge is 0.269 e. The molecule has 7 nitrogen and oxygen atoms in total. The van der Waals surface area contributed by atoms with E-state index < -0.39 is 11.0 Å². The Kier molecular flexibility index (Phi) is 10.5. The van der Waals surface area contributed by atoms with Crippen molar-refractivity contribution in [3.63, 3.8) is 0 Å². The van der Waals surface area contributed by atoms with Crippen LogP contribution in [-0.4, -0.2) is 39.5 Å². The van der Waals surface area contributed by atoms with Crippen LogP contribution < -0.4 is 5.32 Å². The molecule has 33 heavy (non-hydrogen) atoms. The standard InChI is InChI=1S/C23H27Cl2N3O4S/c1-4-21(23(30)26-15(2)3)27(12-18-19(24)6-5-7-20(18)25)22(29)14-33-13-16-8-10-17(11-9-16)28(31)32/h5-11,15,21H,4,12-14H2,1-3H3,(H,26,30)/t21-/m0/s1. The van der Waals surface area contributed by atoms with Gasteiger partial charge in [-0.1, -0.05) is 48.3 Å². The quantitative estimate of drug-likeness (QED) is 0.319. The van der Waals surface area contributed by atoms with Crippen molar-refractivity contribution >= 4 is 52.5 Å². The summed E-state index contributed by atoms with van der Waals surface area (Å²) < 4.78 is 0. The molecule has 178 valence electrons. The summed E-state index contributed by atoms with van der Waals surface area (Å²) in [6.45, 7) is 5.69. The number of carbonyl (C=O) groups excluding carboxylic acids is 2. The minimum Gasteiger partial charge on any atom is -0.352 e. The highest BCUT2D eigenvalue weighted by molar-refractivity contribution is 7.99. The number of amides is 2. The molecular formula is C23H27Cl2N3O4S. The van der Waals surface area contributed by atoms with Gasteiger partial charge in [-0.3, -0.25) is 19.7 Å². The molecule has 0 heterocycles. The SMILES string of the molecule is CC[C@@H](C(=O)NC(C)C)N(Cc1c(Cl)cccc1Cl)C(=O)CSCc1ccc([N+](=O)[O-])cc1. The van der Waals surface area contributed by atoms with Crippen molar-refractivity contribution in [3.05, 3.63) is 73.8 Å². The molecule has 0 fully saturated rings. The predicted octanol–water partition coefficient (Wildman–Crippen LogP) is 5.47. The number of nitro groups is 1. The van der Waals surface area contributed by atoms with Crippen LogP contribution in [0.4, 0.5) is 5.69 Å². The van der Waals surface area contributed by atoms with Gasteiger partial charge in [0, 0.05) is 46.1 Å². The summed E-state index contributed by atoms with van der Waals surface area (Å²) in [5.41, 5.74) is 1.47. The fraction of sp³-hybridized carbons (Fsp3) is 0.391. The van der Waals surface area contributed by atoms with Gasteiger partial charge < -0.3 is 10.2 Å². The number of thioether (sulfide) groups is 1. The normalized spacial score (nSPS) is 11.8. The number of halogens is 2. The van der Waals surface area contributed by atoms with Crippen LogP contribution >= 0.6 is 35.0 Å².